The van der Waals surface area contributed by atoms with Crippen LogP contribution < -0.4 is 0 Å². The molecule has 4 nitrogen and oxygen atoms in total. The summed E-state index contributed by atoms with van der Waals surface area (Å²) in [4.78, 5) is 13.8. The van der Waals surface area contributed by atoms with Gasteiger partial charge < -0.3 is 4.84 Å². The Hall–Kier alpha value is -1.06. The SMILES string of the molecule is C=CC(CC)CO[N+](=O)[O-]. The van der Waals surface area contributed by atoms with Gasteiger partial charge in [0.2, 0.25) is 0 Å². The Balaban J connectivity index is 3.44. The Kier molecular flexibility index (Phi) is 4.28. The normalized spacial score (nSPS) is 12.1. The van der Waals surface area contributed by atoms with Crippen molar-refractivity contribution in [3.63, 3.8) is 0 Å². The first kappa shape index (κ1) is 8.94. The standard InChI is InChI=1S/C6H11NO3/c1-3-6(4-2)5-10-7(8)9/h3,6H,1,4-5H2,2H3. The van der Waals surface area contributed by atoms with E-state index in [0.717, 1.165) is 6.42 Å². The molecular weight excluding hydrogens is 134 g/mol. The fourth-order valence-corrected chi connectivity index (χ4v) is 0.509. The van der Waals surface area contributed by atoms with Gasteiger partial charge in [-0.05, 0) is 12.3 Å². The molecule has 10 heavy (non-hydrogen) atoms. The molecule has 0 aromatic heterocycles. The Morgan fingerprint density at radius 1 is 1.90 bits per heavy atom. The summed E-state index contributed by atoms with van der Waals surface area (Å²) >= 11 is 0. The van der Waals surface area contributed by atoms with Crippen molar-refractivity contribution in [1.29, 1.82) is 0 Å². The third kappa shape index (κ3) is 3.88. The van der Waals surface area contributed by atoms with Crippen molar-refractivity contribution >= 4 is 0 Å². The Labute approximate surface area is 59.6 Å². The summed E-state index contributed by atoms with van der Waals surface area (Å²) < 4.78 is 0. The Morgan fingerprint density at radius 2 is 2.50 bits per heavy atom. The maximum Gasteiger partial charge on any atom is 0.294 e. The lowest BCUT2D eigenvalue weighted by Crippen LogP contribution is -2.09. The van der Waals surface area contributed by atoms with E-state index >= 15 is 0 Å². The van der Waals surface area contributed by atoms with Gasteiger partial charge in [-0.1, -0.05) is 13.0 Å². The molecule has 0 aromatic carbocycles. The van der Waals surface area contributed by atoms with E-state index in [2.05, 4.69) is 11.4 Å². The van der Waals surface area contributed by atoms with E-state index in [4.69, 9.17) is 0 Å². The van der Waals surface area contributed by atoms with Crippen LogP contribution in [0.3, 0.4) is 0 Å². The first-order valence-corrected chi connectivity index (χ1v) is 3.10. The molecule has 58 valence electrons. The van der Waals surface area contributed by atoms with Crippen molar-refractivity contribution in [2.75, 3.05) is 6.61 Å². The fraction of sp³-hybridized carbons (Fsp3) is 0.667. The molecule has 4 heteroatoms. The largest absolute Gasteiger partial charge is 0.313 e. The summed E-state index contributed by atoms with van der Waals surface area (Å²) in [5.74, 6) is 0.0883. The van der Waals surface area contributed by atoms with Crippen LogP contribution in [0.5, 0.6) is 0 Å². The van der Waals surface area contributed by atoms with Crippen LogP contribution in [0.25, 0.3) is 0 Å². The summed E-state index contributed by atoms with van der Waals surface area (Å²) in [7, 11) is 0. The summed E-state index contributed by atoms with van der Waals surface area (Å²) in [6.07, 6.45) is 2.47. The predicted octanol–water partition coefficient (Wildman–Crippen LogP) is 1.41. The zero-order valence-corrected chi connectivity index (χ0v) is 5.95. The van der Waals surface area contributed by atoms with Crippen LogP contribution in [0.2, 0.25) is 0 Å². The van der Waals surface area contributed by atoms with Crippen LogP contribution >= 0.6 is 0 Å². The van der Waals surface area contributed by atoms with E-state index in [1.165, 1.54) is 0 Å². The monoisotopic (exact) mass is 145 g/mol. The molecular formula is C6H11NO3. The van der Waals surface area contributed by atoms with E-state index < -0.39 is 5.09 Å². The molecule has 0 amide bonds. The summed E-state index contributed by atoms with van der Waals surface area (Å²) in [6, 6.07) is 0. The molecule has 0 aromatic rings. The lowest BCUT2D eigenvalue weighted by Gasteiger charge is -2.05. The quantitative estimate of drug-likeness (QED) is 0.334. The van der Waals surface area contributed by atoms with Crippen molar-refractivity contribution < 1.29 is 9.92 Å². The molecule has 0 fully saturated rings. The van der Waals surface area contributed by atoms with E-state index in [9.17, 15) is 10.1 Å². The molecule has 1 unspecified atom stereocenters. The van der Waals surface area contributed by atoms with E-state index in [1.54, 1.807) is 6.08 Å². The van der Waals surface area contributed by atoms with Gasteiger partial charge in [0.15, 0.2) is 0 Å². The molecule has 0 saturated heterocycles. The molecule has 0 spiro atoms. The Morgan fingerprint density at radius 3 is 2.80 bits per heavy atom. The third-order valence-electron chi connectivity index (χ3n) is 1.25. The van der Waals surface area contributed by atoms with Gasteiger partial charge in [0.25, 0.3) is 5.09 Å². The van der Waals surface area contributed by atoms with Crippen molar-refractivity contribution in [3.05, 3.63) is 22.8 Å². The van der Waals surface area contributed by atoms with Gasteiger partial charge in [0.1, 0.15) is 6.61 Å². The maximum absolute atomic E-state index is 9.68. The molecule has 0 radical (unpaired) electrons. The van der Waals surface area contributed by atoms with Crippen molar-refractivity contribution in [3.8, 4) is 0 Å². The molecule has 0 N–H and O–H groups in total. The highest BCUT2D eigenvalue weighted by molar-refractivity contribution is 4.76. The average Bonchev–Trinajstić information content (AvgIpc) is 1.90. The van der Waals surface area contributed by atoms with Gasteiger partial charge in [0.05, 0.1) is 0 Å². The van der Waals surface area contributed by atoms with E-state index in [1.807, 2.05) is 6.92 Å². The van der Waals surface area contributed by atoms with Crippen LogP contribution in [-0.2, 0) is 4.84 Å². The van der Waals surface area contributed by atoms with Gasteiger partial charge in [-0.25, -0.2) is 0 Å². The van der Waals surface area contributed by atoms with Gasteiger partial charge >= 0.3 is 0 Å². The number of hydrogen-bond donors (Lipinski definition) is 0. The topological polar surface area (TPSA) is 52.4 Å². The fourth-order valence-electron chi connectivity index (χ4n) is 0.509. The van der Waals surface area contributed by atoms with Crippen LogP contribution in [0.15, 0.2) is 12.7 Å². The lowest BCUT2D eigenvalue weighted by molar-refractivity contribution is -0.759. The minimum Gasteiger partial charge on any atom is -0.313 e. The second-order valence-corrected chi connectivity index (χ2v) is 1.92. The highest BCUT2D eigenvalue weighted by atomic mass is 16.9. The van der Waals surface area contributed by atoms with Crippen LogP contribution in [0, 0.1) is 16.0 Å². The second kappa shape index (κ2) is 4.78. The molecule has 0 aliphatic heterocycles. The van der Waals surface area contributed by atoms with Crippen LogP contribution in [0.1, 0.15) is 13.3 Å². The number of hydrogen-bond acceptors (Lipinski definition) is 3. The highest BCUT2D eigenvalue weighted by Gasteiger charge is 2.02. The lowest BCUT2D eigenvalue weighted by atomic mass is 10.1. The Bertz CT molecular complexity index is 124. The van der Waals surface area contributed by atoms with Gasteiger partial charge in [0, 0.05) is 0 Å². The van der Waals surface area contributed by atoms with Crippen molar-refractivity contribution in [1.82, 2.24) is 0 Å². The first-order chi connectivity index (χ1) is 4.70. The highest BCUT2D eigenvalue weighted by Crippen LogP contribution is 2.02. The maximum atomic E-state index is 9.68. The summed E-state index contributed by atoms with van der Waals surface area (Å²) in [5, 5.41) is 8.90. The minimum atomic E-state index is -0.786. The molecule has 0 aliphatic carbocycles. The van der Waals surface area contributed by atoms with Gasteiger partial charge in [-0.2, -0.15) is 0 Å². The summed E-state index contributed by atoms with van der Waals surface area (Å²) in [6.45, 7) is 5.55. The minimum absolute atomic E-state index is 0.0883. The third-order valence-corrected chi connectivity index (χ3v) is 1.25. The first-order valence-electron chi connectivity index (χ1n) is 3.10. The summed E-state index contributed by atoms with van der Waals surface area (Å²) in [5.41, 5.74) is 0. The molecule has 1 atom stereocenters. The number of nitrogens with zero attached hydrogens (tertiary/aromatic N) is 1. The van der Waals surface area contributed by atoms with E-state index in [0.29, 0.717) is 0 Å². The molecule has 0 saturated carbocycles. The van der Waals surface area contributed by atoms with Crippen LogP contribution in [-0.4, -0.2) is 11.7 Å². The zero-order chi connectivity index (χ0) is 7.98. The van der Waals surface area contributed by atoms with Crippen molar-refractivity contribution in [2.24, 2.45) is 5.92 Å². The predicted molar refractivity (Wildman–Crippen MR) is 36.9 cm³/mol. The molecule has 0 aliphatic rings. The van der Waals surface area contributed by atoms with Gasteiger partial charge in [-0.15, -0.1) is 16.7 Å². The molecule has 0 bridgehead atoms. The van der Waals surface area contributed by atoms with Crippen molar-refractivity contribution in [2.45, 2.75) is 13.3 Å². The zero-order valence-electron chi connectivity index (χ0n) is 5.95. The molecule has 0 heterocycles. The second-order valence-electron chi connectivity index (χ2n) is 1.92. The van der Waals surface area contributed by atoms with Crippen LogP contribution in [0.4, 0.5) is 0 Å². The van der Waals surface area contributed by atoms with E-state index in [-0.39, 0.29) is 12.5 Å². The average molecular weight is 145 g/mol. The smallest absolute Gasteiger partial charge is 0.294 e. The number of rotatable bonds is 5. The van der Waals surface area contributed by atoms with Gasteiger partial charge in [-0.3, -0.25) is 0 Å². The molecule has 0 rings (SSSR count).